The van der Waals surface area contributed by atoms with Crippen molar-refractivity contribution < 1.29 is 19.1 Å². The second kappa shape index (κ2) is 10.8. The third kappa shape index (κ3) is 5.85. The van der Waals surface area contributed by atoms with E-state index >= 15 is 0 Å². The molecule has 31 heavy (non-hydrogen) atoms. The van der Waals surface area contributed by atoms with Crippen molar-refractivity contribution in [3.8, 4) is 11.5 Å². The van der Waals surface area contributed by atoms with E-state index in [4.69, 9.17) is 9.47 Å². The first-order valence-corrected chi connectivity index (χ1v) is 10.1. The number of anilines is 1. The molecule has 0 atom stereocenters. The summed E-state index contributed by atoms with van der Waals surface area (Å²) in [6.07, 6.45) is 0.604. The number of rotatable bonds is 9. The Morgan fingerprint density at radius 1 is 0.806 bits per heavy atom. The summed E-state index contributed by atoms with van der Waals surface area (Å²) in [5.41, 5.74) is 1.92. The third-order valence-corrected chi connectivity index (χ3v) is 4.83. The van der Waals surface area contributed by atoms with Gasteiger partial charge in [0.15, 0.2) is 0 Å². The molecule has 160 valence electrons. The lowest BCUT2D eigenvalue weighted by Crippen LogP contribution is -2.34. The van der Waals surface area contributed by atoms with Crippen LogP contribution in [0.15, 0.2) is 78.9 Å². The zero-order valence-electron chi connectivity index (χ0n) is 17.7. The van der Waals surface area contributed by atoms with Crippen LogP contribution in [0, 0.1) is 0 Å². The average Bonchev–Trinajstić information content (AvgIpc) is 2.84. The zero-order valence-corrected chi connectivity index (χ0v) is 17.7. The first kappa shape index (κ1) is 21.9. The Bertz CT molecular complexity index is 1000. The predicted molar refractivity (Wildman–Crippen MR) is 121 cm³/mol. The SMILES string of the molecule is COc1ccc(C(=O)N(CCCNC(=O)c2cccc(OC)c2)c2ccccc2)cc1. The molecule has 6 heteroatoms. The zero-order chi connectivity index (χ0) is 22.1. The maximum absolute atomic E-state index is 13.1. The highest BCUT2D eigenvalue weighted by Crippen LogP contribution is 2.19. The third-order valence-electron chi connectivity index (χ3n) is 4.83. The topological polar surface area (TPSA) is 67.9 Å². The summed E-state index contributed by atoms with van der Waals surface area (Å²) in [4.78, 5) is 27.3. The van der Waals surface area contributed by atoms with Crippen LogP contribution in [0.2, 0.25) is 0 Å². The molecule has 0 saturated carbocycles. The van der Waals surface area contributed by atoms with E-state index in [-0.39, 0.29) is 11.8 Å². The van der Waals surface area contributed by atoms with Gasteiger partial charge in [-0.2, -0.15) is 0 Å². The number of carbonyl (C=O) groups excluding carboxylic acids is 2. The molecule has 0 aliphatic rings. The van der Waals surface area contributed by atoms with Crippen molar-refractivity contribution >= 4 is 17.5 Å². The second-order valence-electron chi connectivity index (χ2n) is 6.86. The van der Waals surface area contributed by atoms with Crippen LogP contribution >= 0.6 is 0 Å². The lowest BCUT2D eigenvalue weighted by Gasteiger charge is -2.23. The van der Waals surface area contributed by atoms with Gasteiger partial charge in [0.2, 0.25) is 0 Å². The molecule has 3 rings (SSSR count). The fourth-order valence-electron chi connectivity index (χ4n) is 3.15. The van der Waals surface area contributed by atoms with Crippen LogP contribution in [0.4, 0.5) is 5.69 Å². The fraction of sp³-hybridized carbons (Fsp3) is 0.200. The summed E-state index contributed by atoms with van der Waals surface area (Å²) < 4.78 is 10.3. The summed E-state index contributed by atoms with van der Waals surface area (Å²) in [5, 5.41) is 2.90. The van der Waals surface area contributed by atoms with Gasteiger partial charge in [0, 0.05) is 29.9 Å². The number of nitrogens with zero attached hydrogens (tertiary/aromatic N) is 1. The van der Waals surface area contributed by atoms with Crippen LogP contribution in [-0.4, -0.2) is 39.1 Å². The molecule has 0 fully saturated rings. The fourth-order valence-corrected chi connectivity index (χ4v) is 3.15. The number of nitrogens with one attached hydrogen (secondary N) is 1. The second-order valence-corrected chi connectivity index (χ2v) is 6.86. The van der Waals surface area contributed by atoms with Crippen LogP contribution < -0.4 is 19.7 Å². The Morgan fingerprint density at radius 3 is 2.19 bits per heavy atom. The van der Waals surface area contributed by atoms with E-state index in [0.717, 1.165) is 5.69 Å². The van der Waals surface area contributed by atoms with Gasteiger partial charge in [0.25, 0.3) is 11.8 Å². The summed E-state index contributed by atoms with van der Waals surface area (Å²) in [7, 11) is 3.15. The van der Waals surface area contributed by atoms with Crippen LogP contribution in [0.5, 0.6) is 11.5 Å². The summed E-state index contributed by atoms with van der Waals surface area (Å²) >= 11 is 0. The molecule has 3 aromatic rings. The minimum atomic E-state index is -0.174. The molecule has 0 aromatic heterocycles. The molecule has 0 saturated heterocycles. The van der Waals surface area contributed by atoms with Crippen LogP contribution in [0.25, 0.3) is 0 Å². The Labute approximate surface area is 182 Å². The Hall–Kier alpha value is -3.80. The van der Waals surface area contributed by atoms with Crippen molar-refractivity contribution in [2.24, 2.45) is 0 Å². The molecule has 2 amide bonds. The van der Waals surface area contributed by atoms with E-state index in [0.29, 0.717) is 42.1 Å². The first-order chi connectivity index (χ1) is 15.1. The standard InChI is InChI=1S/C25H26N2O4/c1-30-22-14-12-19(13-15-22)25(29)27(21-9-4-3-5-10-21)17-7-16-26-24(28)20-8-6-11-23(18-20)31-2/h3-6,8-15,18H,7,16-17H2,1-2H3,(H,26,28). The molecule has 3 aromatic carbocycles. The molecule has 6 nitrogen and oxygen atoms in total. The van der Waals surface area contributed by atoms with Gasteiger partial charge in [-0.1, -0.05) is 24.3 Å². The molecule has 0 bridgehead atoms. The number of benzene rings is 3. The molecule has 0 unspecified atom stereocenters. The van der Waals surface area contributed by atoms with Crippen molar-refractivity contribution in [1.29, 1.82) is 0 Å². The predicted octanol–water partition coefficient (Wildman–Crippen LogP) is 4.17. The van der Waals surface area contributed by atoms with E-state index < -0.39 is 0 Å². The van der Waals surface area contributed by atoms with Gasteiger partial charge in [-0.3, -0.25) is 9.59 Å². The van der Waals surface area contributed by atoms with Crippen molar-refractivity contribution in [1.82, 2.24) is 5.32 Å². The number of para-hydroxylation sites is 1. The number of hydrogen-bond donors (Lipinski definition) is 1. The number of carbonyl (C=O) groups is 2. The van der Waals surface area contributed by atoms with Gasteiger partial charge in [0.05, 0.1) is 14.2 Å². The molecule has 0 spiro atoms. The van der Waals surface area contributed by atoms with Gasteiger partial charge < -0.3 is 19.7 Å². The minimum Gasteiger partial charge on any atom is -0.497 e. The normalized spacial score (nSPS) is 10.3. The summed E-state index contributed by atoms with van der Waals surface area (Å²) in [5.74, 6) is 1.05. The van der Waals surface area contributed by atoms with Gasteiger partial charge in [-0.25, -0.2) is 0 Å². The molecule has 0 heterocycles. The van der Waals surface area contributed by atoms with Crippen molar-refractivity contribution in [3.63, 3.8) is 0 Å². The number of hydrogen-bond acceptors (Lipinski definition) is 4. The van der Waals surface area contributed by atoms with Gasteiger partial charge in [0.1, 0.15) is 11.5 Å². The Balaban J connectivity index is 1.64. The molecule has 0 aliphatic carbocycles. The van der Waals surface area contributed by atoms with E-state index in [9.17, 15) is 9.59 Å². The molecular formula is C25H26N2O4. The monoisotopic (exact) mass is 418 g/mol. The number of amides is 2. The van der Waals surface area contributed by atoms with Crippen LogP contribution in [-0.2, 0) is 0 Å². The minimum absolute atomic E-state index is 0.104. The quantitative estimate of drug-likeness (QED) is 0.530. The highest BCUT2D eigenvalue weighted by atomic mass is 16.5. The largest absolute Gasteiger partial charge is 0.497 e. The molecule has 1 N–H and O–H groups in total. The highest BCUT2D eigenvalue weighted by molar-refractivity contribution is 6.06. The lowest BCUT2D eigenvalue weighted by molar-refractivity contribution is 0.0953. The van der Waals surface area contributed by atoms with Crippen LogP contribution in [0.1, 0.15) is 27.1 Å². The highest BCUT2D eigenvalue weighted by Gasteiger charge is 2.17. The van der Waals surface area contributed by atoms with Gasteiger partial charge >= 0.3 is 0 Å². The number of methoxy groups -OCH3 is 2. The maximum atomic E-state index is 13.1. The molecular weight excluding hydrogens is 392 g/mol. The summed E-state index contributed by atoms with van der Waals surface area (Å²) in [6, 6.07) is 23.5. The molecule has 0 aliphatic heterocycles. The smallest absolute Gasteiger partial charge is 0.258 e. The van der Waals surface area contributed by atoms with E-state index in [1.54, 1.807) is 67.7 Å². The van der Waals surface area contributed by atoms with Crippen LogP contribution in [0.3, 0.4) is 0 Å². The van der Waals surface area contributed by atoms with Gasteiger partial charge in [-0.15, -0.1) is 0 Å². The lowest BCUT2D eigenvalue weighted by atomic mass is 10.1. The van der Waals surface area contributed by atoms with Crippen molar-refractivity contribution in [2.75, 3.05) is 32.2 Å². The molecule has 0 radical (unpaired) electrons. The van der Waals surface area contributed by atoms with Crippen molar-refractivity contribution in [2.45, 2.75) is 6.42 Å². The first-order valence-electron chi connectivity index (χ1n) is 10.1. The Morgan fingerprint density at radius 2 is 1.52 bits per heavy atom. The van der Waals surface area contributed by atoms with Gasteiger partial charge in [-0.05, 0) is 61.0 Å². The van der Waals surface area contributed by atoms with Crippen molar-refractivity contribution in [3.05, 3.63) is 90.0 Å². The number of ether oxygens (including phenoxy) is 2. The van der Waals surface area contributed by atoms with E-state index in [1.807, 2.05) is 30.3 Å². The maximum Gasteiger partial charge on any atom is 0.258 e. The summed E-state index contributed by atoms with van der Waals surface area (Å²) in [6.45, 7) is 0.905. The Kier molecular flexibility index (Phi) is 7.65. The average molecular weight is 418 g/mol. The van der Waals surface area contributed by atoms with E-state index in [2.05, 4.69) is 5.32 Å². The van der Waals surface area contributed by atoms with E-state index in [1.165, 1.54) is 0 Å².